The van der Waals surface area contributed by atoms with Gasteiger partial charge in [0.15, 0.2) is 5.79 Å². The van der Waals surface area contributed by atoms with Gasteiger partial charge in [-0.25, -0.2) is 0 Å². The van der Waals surface area contributed by atoms with E-state index in [1.807, 2.05) is 36.4 Å². The lowest BCUT2D eigenvalue weighted by atomic mass is 10.2. The fraction of sp³-hybridized carbons (Fsp3) is 0.385. The minimum absolute atomic E-state index is 0.128. The molecule has 0 amide bonds. The highest BCUT2D eigenvalue weighted by Gasteiger charge is 2.12. The second-order valence-corrected chi connectivity index (χ2v) is 3.99. The molecule has 0 heterocycles. The van der Waals surface area contributed by atoms with Crippen molar-refractivity contribution in [3.63, 3.8) is 0 Å². The number of para-hydroxylation sites is 1. The minimum Gasteiger partial charge on any atom is -0.496 e. The van der Waals surface area contributed by atoms with E-state index in [1.54, 1.807) is 7.11 Å². The molecular weight excluding hydrogens is 218 g/mol. The van der Waals surface area contributed by atoms with Gasteiger partial charge in [-0.3, -0.25) is 0 Å². The lowest BCUT2D eigenvalue weighted by Crippen LogP contribution is -2.37. The van der Waals surface area contributed by atoms with Gasteiger partial charge in [0, 0.05) is 18.7 Å². The van der Waals surface area contributed by atoms with Crippen molar-refractivity contribution in [2.45, 2.75) is 12.7 Å². The average molecular weight is 237 g/mol. The van der Waals surface area contributed by atoms with Gasteiger partial charge in [-0.05, 0) is 13.0 Å². The average Bonchev–Trinajstić information content (AvgIpc) is 2.27. The summed E-state index contributed by atoms with van der Waals surface area (Å²) in [5, 5.41) is 21.0. The van der Waals surface area contributed by atoms with Crippen molar-refractivity contribution in [1.29, 1.82) is 0 Å². The fourth-order valence-electron chi connectivity index (χ4n) is 1.38. The Morgan fingerprint density at radius 1 is 1.35 bits per heavy atom. The Labute approximate surface area is 102 Å². The molecule has 17 heavy (non-hydrogen) atoms. The van der Waals surface area contributed by atoms with Crippen LogP contribution < -0.4 is 10.1 Å². The summed E-state index contributed by atoms with van der Waals surface area (Å²) >= 11 is 0. The van der Waals surface area contributed by atoms with Crippen LogP contribution in [0.5, 0.6) is 5.75 Å². The van der Waals surface area contributed by atoms with Crippen LogP contribution in [0.15, 0.2) is 30.3 Å². The van der Waals surface area contributed by atoms with Gasteiger partial charge >= 0.3 is 0 Å². The molecule has 0 aromatic heterocycles. The van der Waals surface area contributed by atoms with Crippen LogP contribution in [0.4, 0.5) is 0 Å². The third kappa shape index (κ3) is 5.49. The Hall–Kier alpha value is -1.36. The molecule has 0 atom stereocenters. The predicted molar refractivity (Wildman–Crippen MR) is 67.7 cm³/mol. The Bertz CT molecular complexity index is 369. The van der Waals surface area contributed by atoms with E-state index in [0.717, 1.165) is 11.3 Å². The van der Waals surface area contributed by atoms with E-state index in [1.165, 1.54) is 6.92 Å². The van der Waals surface area contributed by atoms with Gasteiger partial charge < -0.3 is 20.3 Å². The first-order chi connectivity index (χ1) is 8.03. The highest BCUT2D eigenvalue weighted by Crippen LogP contribution is 2.18. The van der Waals surface area contributed by atoms with Crippen molar-refractivity contribution < 1.29 is 14.9 Å². The zero-order chi connectivity index (χ0) is 12.7. The maximum Gasteiger partial charge on any atom is 0.172 e. The van der Waals surface area contributed by atoms with E-state index >= 15 is 0 Å². The molecular formula is C13H19NO3. The maximum absolute atomic E-state index is 9.07. The normalized spacial score (nSPS) is 12.0. The zero-order valence-electron chi connectivity index (χ0n) is 10.2. The molecule has 1 aromatic rings. The highest BCUT2D eigenvalue weighted by atomic mass is 16.5. The number of nitrogens with one attached hydrogen (secondary N) is 1. The molecule has 1 rings (SSSR count). The van der Waals surface area contributed by atoms with E-state index < -0.39 is 5.79 Å². The number of hydrogen-bond donors (Lipinski definition) is 3. The number of benzene rings is 1. The maximum atomic E-state index is 9.07. The first-order valence-corrected chi connectivity index (χ1v) is 5.48. The summed E-state index contributed by atoms with van der Waals surface area (Å²) in [7, 11) is 1.63. The van der Waals surface area contributed by atoms with Crippen LogP contribution in [0.1, 0.15) is 12.5 Å². The molecule has 0 aliphatic heterocycles. The van der Waals surface area contributed by atoms with Gasteiger partial charge in [0.05, 0.1) is 7.11 Å². The molecule has 0 bridgehead atoms. The van der Waals surface area contributed by atoms with Crippen molar-refractivity contribution >= 4 is 6.08 Å². The summed E-state index contributed by atoms with van der Waals surface area (Å²) in [5.74, 6) is -0.851. The van der Waals surface area contributed by atoms with Gasteiger partial charge in [0.1, 0.15) is 5.75 Å². The third-order valence-corrected chi connectivity index (χ3v) is 2.16. The van der Waals surface area contributed by atoms with E-state index in [4.69, 9.17) is 14.9 Å². The molecule has 0 spiro atoms. The van der Waals surface area contributed by atoms with E-state index in [2.05, 4.69) is 5.32 Å². The first-order valence-electron chi connectivity index (χ1n) is 5.48. The lowest BCUT2D eigenvalue weighted by molar-refractivity contribution is -0.139. The topological polar surface area (TPSA) is 61.7 Å². The molecule has 0 saturated heterocycles. The van der Waals surface area contributed by atoms with Crippen LogP contribution >= 0.6 is 0 Å². The van der Waals surface area contributed by atoms with Crippen LogP contribution in [0, 0.1) is 0 Å². The molecule has 0 aliphatic rings. The zero-order valence-corrected chi connectivity index (χ0v) is 10.2. The molecule has 1 aromatic carbocycles. The highest BCUT2D eigenvalue weighted by molar-refractivity contribution is 5.57. The van der Waals surface area contributed by atoms with Gasteiger partial charge in [-0.1, -0.05) is 30.4 Å². The molecule has 4 heteroatoms. The van der Waals surface area contributed by atoms with Crippen LogP contribution in [0.3, 0.4) is 0 Å². The van der Waals surface area contributed by atoms with Crippen molar-refractivity contribution in [2.24, 2.45) is 0 Å². The largest absolute Gasteiger partial charge is 0.496 e. The quantitative estimate of drug-likeness (QED) is 0.510. The molecule has 0 aliphatic carbocycles. The minimum atomic E-state index is -1.67. The summed E-state index contributed by atoms with van der Waals surface area (Å²) < 4.78 is 5.20. The van der Waals surface area contributed by atoms with Gasteiger partial charge in [0.2, 0.25) is 0 Å². The number of hydrogen-bond acceptors (Lipinski definition) is 4. The van der Waals surface area contributed by atoms with Crippen molar-refractivity contribution in [3.8, 4) is 5.75 Å². The molecule has 4 nitrogen and oxygen atoms in total. The monoisotopic (exact) mass is 237 g/mol. The smallest absolute Gasteiger partial charge is 0.172 e. The third-order valence-electron chi connectivity index (χ3n) is 2.16. The fourth-order valence-corrected chi connectivity index (χ4v) is 1.38. The summed E-state index contributed by atoms with van der Waals surface area (Å²) in [5.41, 5.74) is 0.993. The Morgan fingerprint density at radius 3 is 2.71 bits per heavy atom. The van der Waals surface area contributed by atoms with Crippen molar-refractivity contribution in [2.75, 3.05) is 20.2 Å². The molecule has 0 unspecified atom stereocenters. The van der Waals surface area contributed by atoms with Crippen LogP contribution in [0.2, 0.25) is 0 Å². The van der Waals surface area contributed by atoms with E-state index in [9.17, 15) is 0 Å². The number of rotatable bonds is 6. The number of ether oxygens (including phenoxy) is 1. The summed E-state index contributed by atoms with van der Waals surface area (Å²) in [6, 6.07) is 7.70. The second-order valence-electron chi connectivity index (χ2n) is 3.99. The molecule has 3 N–H and O–H groups in total. The number of methoxy groups -OCH3 is 1. The lowest BCUT2D eigenvalue weighted by Gasteiger charge is -2.15. The Kier molecular flexibility index (Phi) is 5.15. The van der Waals surface area contributed by atoms with Crippen molar-refractivity contribution in [3.05, 3.63) is 35.9 Å². The predicted octanol–water partition coefficient (Wildman–Crippen LogP) is 0.999. The van der Waals surface area contributed by atoms with E-state index in [0.29, 0.717) is 6.54 Å². The summed E-state index contributed by atoms with van der Waals surface area (Å²) in [4.78, 5) is 0. The Morgan fingerprint density at radius 2 is 2.06 bits per heavy atom. The first kappa shape index (κ1) is 13.7. The molecule has 94 valence electrons. The van der Waals surface area contributed by atoms with Crippen molar-refractivity contribution in [1.82, 2.24) is 5.32 Å². The molecule has 0 fully saturated rings. The van der Waals surface area contributed by atoms with Gasteiger partial charge in [0.25, 0.3) is 0 Å². The van der Waals surface area contributed by atoms with E-state index in [-0.39, 0.29) is 6.54 Å². The van der Waals surface area contributed by atoms with Crippen LogP contribution in [-0.4, -0.2) is 36.2 Å². The number of aliphatic hydroxyl groups is 2. The van der Waals surface area contributed by atoms with Crippen LogP contribution in [0.25, 0.3) is 6.08 Å². The molecule has 0 radical (unpaired) electrons. The van der Waals surface area contributed by atoms with Gasteiger partial charge in [-0.15, -0.1) is 0 Å². The summed E-state index contributed by atoms with van der Waals surface area (Å²) in [6.45, 7) is 2.03. The molecule has 0 saturated carbocycles. The van der Waals surface area contributed by atoms with Crippen LogP contribution in [-0.2, 0) is 0 Å². The second kappa shape index (κ2) is 6.39. The SMILES string of the molecule is COc1ccccc1C=CCNCC(C)(O)O. The standard InChI is InChI=1S/C13H19NO3/c1-13(15,16)10-14-9-5-7-11-6-3-4-8-12(11)17-2/h3-8,14-16H,9-10H2,1-2H3. The Balaban J connectivity index is 2.43. The van der Waals surface area contributed by atoms with Gasteiger partial charge in [-0.2, -0.15) is 0 Å². The summed E-state index contributed by atoms with van der Waals surface area (Å²) in [6.07, 6.45) is 3.83.